The van der Waals surface area contributed by atoms with Gasteiger partial charge in [0.1, 0.15) is 5.60 Å². The zero-order valence-electron chi connectivity index (χ0n) is 17.1. The Morgan fingerprint density at radius 2 is 1.85 bits per heavy atom. The lowest BCUT2D eigenvalue weighted by Crippen LogP contribution is -2.39. The van der Waals surface area contributed by atoms with Gasteiger partial charge in [0.2, 0.25) is 0 Å². The maximum absolute atomic E-state index is 12.1. The van der Waals surface area contributed by atoms with E-state index in [9.17, 15) is 4.79 Å². The molecule has 2 bridgehead atoms. The number of benzene rings is 1. The second-order valence-electron chi connectivity index (χ2n) is 9.36. The molecular weight excluding hydrogens is 338 g/mol. The Morgan fingerprint density at radius 1 is 1.07 bits per heavy atom. The standard InChI is InChI=1S/C23H35NO3/c1-23(2,3)27-22(25)24-21-12-11-19-13-18(14-21)9-10-20(19)16-26-15-17-7-5-4-6-8-17/h4-8,18-21H,9-16H2,1-3H3,(H,24,25)/t18-,19-,20-,21?/m0/s1. The van der Waals surface area contributed by atoms with E-state index in [1.165, 1.54) is 31.2 Å². The molecule has 1 aromatic carbocycles. The lowest BCUT2D eigenvalue weighted by Gasteiger charge is -2.34. The predicted molar refractivity (Wildman–Crippen MR) is 107 cm³/mol. The van der Waals surface area contributed by atoms with Gasteiger partial charge in [-0.25, -0.2) is 4.79 Å². The van der Waals surface area contributed by atoms with E-state index in [0.29, 0.717) is 12.5 Å². The van der Waals surface area contributed by atoms with Crippen molar-refractivity contribution in [3.8, 4) is 0 Å². The average molecular weight is 374 g/mol. The van der Waals surface area contributed by atoms with Crippen molar-refractivity contribution in [1.82, 2.24) is 5.32 Å². The number of ether oxygens (including phenoxy) is 2. The normalized spacial score (nSPS) is 28.3. The topological polar surface area (TPSA) is 47.6 Å². The van der Waals surface area contributed by atoms with Gasteiger partial charge in [0.25, 0.3) is 0 Å². The molecule has 0 spiro atoms. The van der Waals surface area contributed by atoms with Gasteiger partial charge in [-0.3, -0.25) is 0 Å². The van der Waals surface area contributed by atoms with Gasteiger partial charge < -0.3 is 14.8 Å². The number of nitrogens with one attached hydrogen (secondary N) is 1. The van der Waals surface area contributed by atoms with Crippen molar-refractivity contribution in [2.45, 2.75) is 77.5 Å². The first-order valence-electron chi connectivity index (χ1n) is 10.5. The third-order valence-corrected chi connectivity index (χ3v) is 5.92. The van der Waals surface area contributed by atoms with Crippen molar-refractivity contribution in [2.24, 2.45) is 17.8 Å². The number of carbonyl (C=O) groups excluding carboxylic acids is 1. The first-order valence-corrected chi connectivity index (χ1v) is 10.5. The number of rotatable bonds is 5. The highest BCUT2D eigenvalue weighted by Crippen LogP contribution is 2.42. The fourth-order valence-corrected chi connectivity index (χ4v) is 4.65. The highest BCUT2D eigenvalue weighted by molar-refractivity contribution is 5.68. The van der Waals surface area contributed by atoms with Crippen molar-refractivity contribution in [3.63, 3.8) is 0 Å². The van der Waals surface area contributed by atoms with Crippen molar-refractivity contribution in [3.05, 3.63) is 35.9 Å². The first-order chi connectivity index (χ1) is 12.9. The van der Waals surface area contributed by atoms with Gasteiger partial charge in [0, 0.05) is 6.04 Å². The minimum absolute atomic E-state index is 0.249. The lowest BCUT2D eigenvalue weighted by atomic mass is 9.73. The summed E-state index contributed by atoms with van der Waals surface area (Å²) in [6.45, 7) is 7.29. The minimum Gasteiger partial charge on any atom is -0.444 e. The Bertz CT molecular complexity index is 595. The predicted octanol–water partition coefficient (Wildman–Crippen LogP) is 5.31. The van der Waals surface area contributed by atoms with Gasteiger partial charge >= 0.3 is 6.09 Å². The van der Waals surface area contributed by atoms with Crippen molar-refractivity contribution in [2.75, 3.05) is 6.61 Å². The van der Waals surface area contributed by atoms with Crippen LogP contribution >= 0.6 is 0 Å². The lowest BCUT2D eigenvalue weighted by molar-refractivity contribution is 0.0389. The van der Waals surface area contributed by atoms with Crippen LogP contribution in [0.15, 0.2) is 30.3 Å². The van der Waals surface area contributed by atoms with Crippen LogP contribution in [0.25, 0.3) is 0 Å². The molecule has 4 heteroatoms. The summed E-state index contributed by atoms with van der Waals surface area (Å²) in [5.41, 5.74) is 0.806. The molecule has 0 aromatic heterocycles. The Balaban J connectivity index is 1.45. The molecular formula is C23H35NO3. The van der Waals surface area contributed by atoms with Crippen LogP contribution in [0, 0.1) is 17.8 Å². The molecule has 3 rings (SSSR count). The molecule has 1 amide bonds. The number of amides is 1. The van der Waals surface area contributed by atoms with Gasteiger partial charge in [0.15, 0.2) is 0 Å². The Morgan fingerprint density at radius 3 is 2.59 bits per heavy atom. The van der Waals surface area contributed by atoms with Crippen LogP contribution in [0.2, 0.25) is 0 Å². The van der Waals surface area contributed by atoms with E-state index in [4.69, 9.17) is 9.47 Å². The Labute approximate surface area is 164 Å². The van der Waals surface area contributed by atoms with Gasteiger partial charge in [-0.05, 0) is 76.2 Å². The van der Waals surface area contributed by atoms with E-state index < -0.39 is 5.60 Å². The Hall–Kier alpha value is -1.55. The summed E-state index contributed by atoms with van der Waals surface area (Å²) >= 11 is 0. The molecule has 4 atom stereocenters. The van der Waals surface area contributed by atoms with Crippen LogP contribution in [0.4, 0.5) is 4.79 Å². The number of fused-ring (bicyclic) bond motifs is 2. The zero-order valence-corrected chi connectivity index (χ0v) is 17.1. The second kappa shape index (κ2) is 9.09. The molecule has 0 saturated heterocycles. The first kappa shape index (κ1) is 20.2. The highest BCUT2D eigenvalue weighted by atomic mass is 16.6. The largest absolute Gasteiger partial charge is 0.444 e. The molecule has 1 unspecified atom stereocenters. The number of hydrogen-bond acceptors (Lipinski definition) is 3. The molecule has 4 nitrogen and oxygen atoms in total. The molecule has 0 radical (unpaired) electrons. The maximum atomic E-state index is 12.1. The molecule has 2 saturated carbocycles. The van der Waals surface area contributed by atoms with E-state index in [0.717, 1.165) is 31.3 Å². The Kier molecular flexibility index (Phi) is 6.80. The van der Waals surface area contributed by atoms with Crippen LogP contribution in [-0.2, 0) is 16.1 Å². The van der Waals surface area contributed by atoms with Crippen LogP contribution in [0.1, 0.15) is 64.9 Å². The van der Waals surface area contributed by atoms with E-state index in [1.54, 1.807) is 0 Å². The zero-order chi connectivity index (χ0) is 19.3. The monoisotopic (exact) mass is 373 g/mol. The van der Waals surface area contributed by atoms with Crippen molar-refractivity contribution in [1.29, 1.82) is 0 Å². The van der Waals surface area contributed by atoms with E-state index in [-0.39, 0.29) is 12.1 Å². The summed E-state index contributed by atoms with van der Waals surface area (Å²) in [5.74, 6) is 2.11. The van der Waals surface area contributed by atoms with Crippen LogP contribution in [0.5, 0.6) is 0 Å². The SMILES string of the molecule is CC(C)(C)OC(=O)NC1CC[C@H]2C[C@H](CC[C@H]2COCc2ccccc2)C1. The van der Waals surface area contributed by atoms with Crippen LogP contribution in [0.3, 0.4) is 0 Å². The van der Waals surface area contributed by atoms with Gasteiger partial charge in [-0.2, -0.15) is 0 Å². The van der Waals surface area contributed by atoms with Crippen LogP contribution in [-0.4, -0.2) is 24.3 Å². The molecule has 150 valence electrons. The molecule has 2 fully saturated rings. The summed E-state index contributed by atoms with van der Waals surface area (Å²) in [6.07, 6.45) is 6.84. The maximum Gasteiger partial charge on any atom is 0.407 e. The average Bonchev–Trinajstić information content (AvgIpc) is 2.75. The van der Waals surface area contributed by atoms with Crippen LogP contribution < -0.4 is 5.32 Å². The number of carbonyl (C=O) groups is 1. The fraction of sp³-hybridized carbons (Fsp3) is 0.696. The third kappa shape index (κ3) is 6.53. The van der Waals surface area contributed by atoms with Crippen molar-refractivity contribution < 1.29 is 14.3 Å². The third-order valence-electron chi connectivity index (χ3n) is 5.92. The molecule has 2 aliphatic carbocycles. The summed E-state index contributed by atoms with van der Waals surface area (Å²) < 4.78 is 11.5. The summed E-state index contributed by atoms with van der Waals surface area (Å²) in [5, 5.41) is 3.12. The molecule has 27 heavy (non-hydrogen) atoms. The molecule has 1 aromatic rings. The fourth-order valence-electron chi connectivity index (χ4n) is 4.65. The van der Waals surface area contributed by atoms with Crippen molar-refractivity contribution >= 4 is 6.09 Å². The summed E-state index contributed by atoms with van der Waals surface area (Å²) in [4.78, 5) is 12.1. The smallest absolute Gasteiger partial charge is 0.407 e. The summed E-state index contributed by atoms with van der Waals surface area (Å²) in [7, 11) is 0. The van der Waals surface area contributed by atoms with E-state index in [1.807, 2.05) is 26.8 Å². The number of hydrogen-bond donors (Lipinski definition) is 1. The van der Waals surface area contributed by atoms with E-state index >= 15 is 0 Å². The second-order valence-corrected chi connectivity index (χ2v) is 9.36. The van der Waals surface area contributed by atoms with Gasteiger partial charge in [-0.1, -0.05) is 36.8 Å². The minimum atomic E-state index is -0.439. The molecule has 1 N–H and O–H groups in total. The number of alkyl carbamates (subject to hydrolysis) is 1. The van der Waals surface area contributed by atoms with E-state index in [2.05, 4.69) is 29.6 Å². The molecule has 0 aliphatic heterocycles. The summed E-state index contributed by atoms with van der Waals surface area (Å²) in [6, 6.07) is 10.7. The molecule has 0 heterocycles. The van der Waals surface area contributed by atoms with Gasteiger partial charge in [-0.15, -0.1) is 0 Å². The quantitative estimate of drug-likeness (QED) is 0.760. The molecule has 2 aliphatic rings. The highest BCUT2D eigenvalue weighted by Gasteiger charge is 2.35. The van der Waals surface area contributed by atoms with Gasteiger partial charge in [0.05, 0.1) is 13.2 Å².